The lowest BCUT2D eigenvalue weighted by Gasteiger charge is -2.29. The van der Waals surface area contributed by atoms with E-state index in [0.717, 1.165) is 19.3 Å². The fraction of sp³-hybridized carbons (Fsp3) is 0.500. The molecule has 1 aromatic rings. The van der Waals surface area contributed by atoms with Crippen LogP contribution in [0, 0.1) is 5.92 Å². The van der Waals surface area contributed by atoms with Crippen molar-refractivity contribution in [1.82, 2.24) is 10.6 Å². The molecule has 1 saturated carbocycles. The third-order valence-corrected chi connectivity index (χ3v) is 3.80. The molecule has 0 spiro atoms. The maximum absolute atomic E-state index is 11.8. The molecule has 0 radical (unpaired) electrons. The molecule has 0 bridgehead atoms. The smallest absolute Gasteiger partial charge is 0.410 e. The quantitative estimate of drug-likeness (QED) is 0.895. The van der Waals surface area contributed by atoms with Gasteiger partial charge in [0.25, 0.3) is 0 Å². The van der Waals surface area contributed by atoms with Crippen molar-refractivity contribution in [2.75, 3.05) is 6.54 Å². The highest BCUT2D eigenvalue weighted by Crippen LogP contribution is 2.23. The summed E-state index contributed by atoms with van der Waals surface area (Å²) < 4.78 is 5.05. The van der Waals surface area contributed by atoms with Gasteiger partial charge in [-0.1, -0.05) is 38.0 Å². The van der Waals surface area contributed by atoms with Crippen LogP contribution >= 0.6 is 0 Å². The van der Waals surface area contributed by atoms with Gasteiger partial charge in [-0.2, -0.15) is 0 Å². The highest BCUT2D eigenvalue weighted by Gasteiger charge is 2.22. The minimum absolute atomic E-state index is 0.0606. The maximum atomic E-state index is 11.8. The number of amides is 2. The number of hydrogen-bond donors (Lipinski definition) is 2. The Morgan fingerprint density at radius 3 is 2.62 bits per heavy atom. The van der Waals surface area contributed by atoms with Crippen LogP contribution in [-0.2, 0) is 4.79 Å². The normalized spacial score (nSPS) is 21.4. The Morgan fingerprint density at radius 2 is 1.90 bits per heavy atom. The predicted molar refractivity (Wildman–Crippen MR) is 80.0 cm³/mol. The fourth-order valence-electron chi connectivity index (χ4n) is 2.57. The molecule has 5 nitrogen and oxygen atoms in total. The summed E-state index contributed by atoms with van der Waals surface area (Å²) in [5.41, 5.74) is 0. The Morgan fingerprint density at radius 1 is 1.19 bits per heavy atom. The van der Waals surface area contributed by atoms with Crippen molar-refractivity contribution in [1.29, 1.82) is 0 Å². The summed E-state index contributed by atoms with van der Waals surface area (Å²) in [5, 5.41) is 5.44. The molecule has 2 atom stereocenters. The average molecular weight is 290 g/mol. The first-order valence-electron chi connectivity index (χ1n) is 7.45. The van der Waals surface area contributed by atoms with Crippen LogP contribution in [-0.4, -0.2) is 24.6 Å². The van der Waals surface area contributed by atoms with E-state index in [4.69, 9.17) is 4.74 Å². The predicted octanol–water partition coefficient (Wildman–Crippen LogP) is 2.47. The summed E-state index contributed by atoms with van der Waals surface area (Å²) in [6, 6.07) is 8.98. The molecule has 0 saturated heterocycles. The molecule has 5 heteroatoms. The molecule has 1 aliphatic rings. The van der Waals surface area contributed by atoms with Gasteiger partial charge in [-0.15, -0.1) is 0 Å². The minimum Gasteiger partial charge on any atom is -0.410 e. The van der Waals surface area contributed by atoms with E-state index >= 15 is 0 Å². The molecule has 2 rings (SSSR count). The fourth-order valence-corrected chi connectivity index (χ4v) is 2.57. The van der Waals surface area contributed by atoms with Gasteiger partial charge in [0.1, 0.15) is 12.3 Å². The largest absolute Gasteiger partial charge is 0.413 e. The number of ether oxygens (including phenoxy) is 1. The molecular formula is C16H22N2O3. The third kappa shape index (κ3) is 5.10. The minimum atomic E-state index is -0.618. The van der Waals surface area contributed by atoms with Crippen molar-refractivity contribution >= 4 is 12.0 Å². The van der Waals surface area contributed by atoms with E-state index in [2.05, 4.69) is 17.6 Å². The highest BCUT2D eigenvalue weighted by molar-refractivity contribution is 5.82. The lowest BCUT2D eigenvalue weighted by molar-refractivity contribution is -0.121. The Kier molecular flexibility index (Phi) is 5.60. The monoisotopic (exact) mass is 290 g/mol. The van der Waals surface area contributed by atoms with E-state index in [9.17, 15) is 9.59 Å². The van der Waals surface area contributed by atoms with Crippen LogP contribution in [0.5, 0.6) is 5.75 Å². The molecule has 0 aromatic heterocycles. The molecule has 1 aromatic carbocycles. The van der Waals surface area contributed by atoms with Crippen molar-refractivity contribution in [3.05, 3.63) is 30.3 Å². The van der Waals surface area contributed by atoms with Crippen molar-refractivity contribution in [3.63, 3.8) is 0 Å². The molecule has 2 amide bonds. The lowest BCUT2D eigenvalue weighted by atomic mass is 9.86. The van der Waals surface area contributed by atoms with Crippen molar-refractivity contribution in [2.24, 2.45) is 5.92 Å². The number of benzene rings is 1. The zero-order chi connectivity index (χ0) is 15.1. The Bertz CT molecular complexity index is 476. The highest BCUT2D eigenvalue weighted by atomic mass is 16.6. The summed E-state index contributed by atoms with van der Waals surface area (Å²) in [4.78, 5) is 23.4. The van der Waals surface area contributed by atoms with Crippen molar-refractivity contribution in [3.8, 4) is 5.75 Å². The molecule has 0 unspecified atom stereocenters. The van der Waals surface area contributed by atoms with E-state index < -0.39 is 6.09 Å². The van der Waals surface area contributed by atoms with Crippen LogP contribution in [0.2, 0.25) is 0 Å². The molecule has 0 aliphatic heterocycles. The summed E-state index contributed by atoms with van der Waals surface area (Å²) in [6.07, 6.45) is 3.93. The Labute approximate surface area is 125 Å². The molecule has 2 N–H and O–H groups in total. The van der Waals surface area contributed by atoms with E-state index in [1.54, 1.807) is 24.3 Å². The van der Waals surface area contributed by atoms with Gasteiger partial charge in [0.2, 0.25) is 5.91 Å². The van der Waals surface area contributed by atoms with Crippen LogP contribution < -0.4 is 15.4 Å². The van der Waals surface area contributed by atoms with E-state index in [0.29, 0.717) is 11.7 Å². The van der Waals surface area contributed by atoms with Gasteiger partial charge in [0.05, 0.1) is 0 Å². The second-order valence-corrected chi connectivity index (χ2v) is 5.49. The van der Waals surface area contributed by atoms with Crippen LogP contribution in [0.4, 0.5) is 4.79 Å². The molecule has 114 valence electrons. The van der Waals surface area contributed by atoms with Crippen LogP contribution in [0.25, 0.3) is 0 Å². The molecule has 21 heavy (non-hydrogen) atoms. The molecule has 0 heterocycles. The third-order valence-electron chi connectivity index (χ3n) is 3.80. The van der Waals surface area contributed by atoms with Gasteiger partial charge in [-0.05, 0) is 30.9 Å². The second kappa shape index (κ2) is 7.67. The van der Waals surface area contributed by atoms with Crippen LogP contribution in [0.3, 0.4) is 0 Å². The van der Waals surface area contributed by atoms with Gasteiger partial charge in [-0.25, -0.2) is 4.79 Å². The first kappa shape index (κ1) is 15.4. The first-order valence-corrected chi connectivity index (χ1v) is 7.45. The molecule has 1 fully saturated rings. The van der Waals surface area contributed by atoms with Gasteiger partial charge >= 0.3 is 6.09 Å². The van der Waals surface area contributed by atoms with Gasteiger partial charge in [0.15, 0.2) is 0 Å². The zero-order valence-electron chi connectivity index (χ0n) is 12.3. The lowest BCUT2D eigenvalue weighted by Crippen LogP contribution is -2.46. The van der Waals surface area contributed by atoms with Gasteiger partial charge in [0, 0.05) is 6.04 Å². The number of hydrogen-bond acceptors (Lipinski definition) is 3. The molecule has 1 aliphatic carbocycles. The summed E-state index contributed by atoms with van der Waals surface area (Å²) in [7, 11) is 0. The Balaban J connectivity index is 1.69. The summed E-state index contributed by atoms with van der Waals surface area (Å²) in [5.74, 6) is 0.786. The van der Waals surface area contributed by atoms with Crippen molar-refractivity contribution in [2.45, 2.75) is 38.6 Å². The van der Waals surface area contributed by atoms with Crippen molar-refractivity contribution < 1.29 is 14.3 Å². The van der Waals surface area contributed by atoms with Gasteiger partial charge in [-0.3, -0.25) is 4.79 Å². The van der Waals surface area contributed by atoms with E-state index in [-0.39, 0.29) is 18.5 Å². The summed E-state index contributed by atoms with van der Waals surface area (Å²) in [6.45, 7) is 2.09. The molecular weight excluding hydrogens is 268 g/mol. The number of carbonyl (C=O) groups is 2. The van der Waals surface area contributed by atoms with E-state index in [1.165, 1.54) is 6.42 Å². The average Bonchev–Trinajstić information content (AvgIpc) is 2.49. The number of para-hydroxylation sites is 1. The Hall–Kier alpha value is -2.04. The maximum Gasteiger partial charge on any atom is 0.413 e. The number of carbonyl (C=O) groups excluding carboxylic acids is 2. The topological polar surface area (TPSA) is 67.4 Å². The number of rotatable bonds is 4. The second-order valence-electron chi connectivity index (χ2n) is 5.49. The number of nitrogens with one attached hydrogen (secondary N) is 2. The van der Waals surface area contributed by atoms with Crippen LogP contribution in [0.15, 0.2) is 30.3 Å². The van der Waals surface area contributed by atoms with Crippen LogP contribution in [0.1, 0.15) is 32.6 Å². The SMILES string of the molecule is C[C@H]1CCCC[C@@H]1NC(=O)CNC(=O)Oc1ccccc1. The standard InChI is InChI=1S/C16H22N2O3/c1-12-7-5-6-10-14(12)18-15(19)11-17-16(20)21-13-8-3-2-4-9-13/h2-4,8-9,12,14H,5-7,10-11H2,1H3,(H,17,20)(H,18,19)/t12-,14-/m0/s1. The summed E-state index contributed by atoms with van der Waals surface area (Å²) >= 11 is 0. The van der Waals surface area contributed by atoms with E-state index in [1.807, 2.05) is 6.07 Å². The van der Waals surface area contributed by atoms with Gasteiger partial charge < -0.3 is 15.4 Å². The zero-order valence-corrected chi connectivity index (χ0v) is 12.3. The first-order chi connectivity index (χ1) is 10.1.